The second-order valence-corrected chi connectivity index (χ2v) is 10.9. The number of nitrogens with zero attached hydrogens (tertiary/aromatic N) is 3. The van der Waals surface area contributed by atoms with Crippen LogP contribution in [0.5, 0.6) is 0 Å². The Labute approximate surface area is 216 Å². The fourth-order valence-corrected chi connectivity index (χ4v) is 6.26. The zero-order chi connectivity index (χ0) is 23.9. The fraction of sp³-hybridized carbons (Fsp3) is 0.357. The maximum Gasteiger partial charge on any atom is 0.166 e. The van der Waals surface area contributed by atoms with Crippen molar-refractivity contribution >= 4 is 34.6 Å². The Kier molecular flexibility index (Phi) is 8.42. The first kappa shape index (κ1) is 24.4. The molecule has 0 radical (unpaired) electrons. The van der Waals surface area contributed by atoms with Gasteiger partial charge in [0.1, 0.15) is 0 Å². The average Bonchev–Trinajstić information content (AvgIpc) is 3.31. The standard InChI is InChI=1S/C28H32N4OS2/c1-21-26(20-35-28-30-24-9-4-5-10-25(24)31-28)29-13-11-27(21)34-18-6-16-33-17-15-32-14-12-22-7-2-3-8-23(22)19-32/h2-5,7-11,13H,6,12,14-20H2,1H3,(H,30,31). The number of nitrogens with one attached hydrogen (secondary N) is 1. The van der Waals surface area contributed by atoms with Crippen LogP contribution in [0.1, 0.15) is 28.8 Å². The summed E-state index contributed by atoms with van der Waals surface area (Å²) in [6.45, 7) is 7.00. The van der Waals surface area contributed by atoms with E-state index in [0.717, 1.165) is 79.1 Å². The minimum atomic E-state index is 0.810. The molecule has 35 heavy (non-hydrogen) atoms. The number of pyridine rings is 1. The number of fused-ring (bicyclic) bond motifs is 2. The maximum absolute atomic E-state index is 5.95. The minimum Gasteiger partial charge on any atom is -0.380 e. The second kappa shape index (κ2) is 12.1. The molecule has 0 saturated carbocycles. The summed E-state index contributed by atoms with van der Waals surface area (Å²) in [4.78, 5) is 16.5. The summed E-state index contributed by atoms with van der Waals surface area (Å²) in [7, 11) is 0. The highest BCUT2D eigenvalue weighted by Gasteiger charge is 2.15. The molecule has 0 fully saturated rings. The number of aromatic amines is 1. The van der Waals surface area contributed by atoms with Crippen LogP contribution < -0.4 is 0 Å². The van der Waals surface area contributed by atoms with Crippen molar-refractivity contribution in [3.63, 3.8) is 0 Å². The minimum absolute atomic E-state index is 0.810. The molecule has 0 spiro atoms. The van der Waals surface area contributed by atoms with Gasteiger partial charge in [0, 0.05) is 48.8 Å². The highest BCUT2D eigenvalue weighted by molar-refractivity contribution is 7.99. The number of imidazole rings is 1. The third-order valence-electron chi connectivity index (χ3n) is 6.42. The Morgan fingerprint density at radius 2 is 1.86 bits per heavy atom. The molecule has 0 atom stereocenters. The average molecular weight is 505 g/mol. The van der Waals surface area contributed by atoms with Gasteiger partial charge in [-0.2, -0.15) is 0 Å². The Morgan fingerprint density at radius 3 is 2.77 bits per heavy atom. The number of hydrogen-bond donors (Lipinski definition) is 1. The monoisotopic (exact) mass is 504 g/mol. The van der Waals surface area contributed by atoms with Crippen LogP contribution in [0.15, 0.2) is 70.8 Å². The second-order valence-electron chi connectivity index (χ2n) is 8.84. The summed E-state index contributed by atoms with van der Waals surface area (Å²) in [5, 5.41) is 0.941. The first-order valence-corrected chi connectivity index (χ1v) is 14.2. The van der Waals surface area contributed by atoms with Crippen molar-refractivity contribution in [2.24, 2.45) is 0 Å². The van der Waals surface area contributed by atoms with Crippen LogP contribution in [0.25, 0.3) is 11.0 Å². The van der Waals surface area contributed by atoms with E-state index in [-0.39, 0.29) is 0 Å². The van der Waals surface area contributed by atoms with Gasteiger partial charge in [-0.1, -0.05) is 48.2 Å². The lowest BCUT2D eigenvalue weighted by atomic mass is 10.0. The van der Waals surface area contributed by atoms with Crippen molar-refractivity contribution in [1.29, 1.82) is 0 Å². The Balaban J connectivity index is 1.01. The van der Waals surface area contributed by atoms with Crippen LogP contribution in [0.2, 0.25) is 0 Å². The van der Waals surface area contributed by atoms with Crippen LogP contribution >= 0.6 is 23.5 Å². The first-order chi connectivity index (χ1) is 17.3. The summed E-state index contributed by atoms with van der Waals surface area (Å²) in [5.74, 6) is 1.86. The molecule has 7 heteroatoms. The Hall–Kier alpha value is -2.32. The summed E-state index contributed by atoms with van der Waals surface area (Å²) in [6.07, 6.45) is 4.13. The van der Waals surface area contributed by atoms with E-state index in [9.17, 15) is 0 Å². The highest BCUT2D eigenvalue weighted by atomic mass is 32.2. The van der Waals surface area contributed by atoms with Gasteiger partial charge in [-0.05, 0) is 54.7 Å². The van der Waals surface area contributed by atoms with E-state index in [4.69, 9.17) is 4.74 Å². The van der Waals surface area contributed by atoms with Crippen LogP contribution in [0, 0.1) is 6.92 Å². The number of H-pyrrole nitrogens is 1. The van der Waals surface area contributed by atoms with Gasteiger partial charge in [0.25, 0.3) is 0 Å². The van der Waals surface area contributed by atoms with Crippen molar-refractivity contribution in [2.75, 3.05) is 32.1 Å². The van der Waals surface area contributed by atoms with Crippen molar-refractivity contribution < 1.29 is 4.74 Å². The van der Waals surface area contributed by atoms with Crippen molar-refractivity contribution in [2.45, 2.75) is 42.1 Å². The Morgan fingerprint density at radius 1 is 1.00 bits per heavy atom. The SMILES string of the molecule is Cc1c(SCCCOCCN2CCc3ccccc3C2)ccnc1CSc1nc2ccccc2[nH]1. The van der Waals surface area contributed by atoms with Crippen LogP contribution in [-0.2, 0) is 23.5 Å². The van der Waals surface area contributed by atoms with E-state index in [1.807, 2.05) is 36.2 Å². The van der Waals surface area contributed by atoms with E-state index >= 15 is 0 Å². The summed E-state index contributed by atoms with van der Waals surface area (Å²) in [5.41, 5.74) is 7.45. The van der Waals surface area contributed by atoms with Gasteiger partial charge < -0.3 is 9.72 Å². The molecule has 2 aromatic heterocycles. The lowest BCUT2D eigenvalue weighted by Gasteiger charge is -2.28. The van der Waals surface area contributed by atoms with Crippen molar-refractivity contribution in [3.8, 4) is 0 Å². The van der Waals surface area contributed by atoms with Gasteiger partial charge in [0.15, 0.2) is 5.16 Å². The molecule has 3 heterocycles. The number of ether oxygens (including phenoxy) is 1. The van der Waals surface area contributed by atoms with Gasteiger partial charge in [0.2, 0.25) is 0 Å². The zero-order valence-electron chi connectivity index (χ0n) is 20.2. The fourth-order valence-electron chi connectivity index (χ4n) is 4.38. The molecule has 4 aromatic rings. The van der Waals surface area contributed by atoms with Crippen LogP contribution in [-0.4, -0.2) is 51.9 Å². The molecule has 5 nitrogen and oxygen atoms in total. The summed E-state index contributed by atoms with van der Waals surface area (Å²) < 4.78 is 5.95. The van der Waals surface area contributed by atoms with Gasteiger partial charge >= 0.3 is 0 Å². The third-order valence-corrected chi connectivity index (χ3v) is 8.55. The first-order valence-electron chi connectivity index (χ1n) is 12.3. The lowest BCUT2D eigenvalue weighted by molar-refractivity contribution is 0.100. The quantitative estimate of drug-likeness (QED) is 0.196. The zero-order valence-corrected chi connectivity index (χ0v) is 21.8. The molecule has 0 bridgehead atoms. The highest BCUT2D eigenvalue weighted by Crippen LogP contribution is 2.28. The maximum atomic E-state index is 5.95. The Bertz CT molecular complexity index is 1230. The van der Waals surface area contributed by atoms with Gasteiger partial charge in [-0.15, -0.1) is 11.8 Å². The lowest BCUT2D eigenvalue weighted by Crippen LogP contribution is -2.33. The van der Waals surface area contributed by atoms with Crippen molar-refractivity contribution in [3.05, 3.63) is 83.2 Å². The predicted octanol–water partition coefficient (Wildman–Crippen LogP) is 6.12. The molecule has 0 unspecified atom stereocenters. The number of thioether (sulfide) groups is 2. The number of hydrogen-bond acceptors (Lipinski definition) is 6. The molecule has 5 rings (SSSR count). The third kappa shape index (κ3) is 6.47. The number of para-hydroxylation sites is 2. The van der Waals surface area contributed by atoms with E-state index in [0.29, 0.717) is 0 Å². The normalized spacial score (nSPS) is 13.9. The predicted molar refractivity (Wildman–Crippen MR) is 146 cm³/mol. The molecule has 1 N–H and O–H groups in total. The van der Waals surface area contributed by atoms with E-state index in [1.165, 1.54) is 21.6 Å². The van der Waals surface area contributed by atoms with Crippen LogP contribution in [0.4, 0.5) is 0 Å². The molecule has 2 aromatic carbocycles. The van der Waals surface area contributed by atoms with E-state index in [1.54, 1.807) is 11.8 Å². The summed E-state index contributed by atoms with van der Waals surface area (Å²) in [6, 6.07) is 19.1. The smallest absolute Gasteiger partial charge is 0.166 e. The molecule has 0 saturated heterocycles. The summed E-state index contributed by atoms with van der Waals surface area (Å²) >= 11 is 3.61. The molecular formula is C28H32N4OS2. The molecule has 1 aliphatic rings. The topological polar surface area (TPSA) is 54.0 Å². The molecule has 0 amide bonds. The van der Waals surface area contributed by atoms with Crippen molar-refractivity contribution in [1.82, 2.24) is 19.9 Å². The van der Waals surface area contributed by atoms with E-state index < -0.39 is 0 Å². The largest absolute Gasteiger partial charge is 0.380 e. The molecule has 1 aliphatic heterocycles. The molecule has 182 valence electrons. The van der Waals surface area contributed by atoms with Gasteiger partial charge in [0.05, 0.1) is 23.3 Å². The molecular weight excluding hydrogens is 472 g/mol. The number of rotatable bonds is 11. The number of aromatic nitrogens is 3. The van der Waals surface area contributed by atoms with Gasteiger partial charge in [-0.25, -0.2) is 4.98 Å². The van der Waals surface area contributed by atoms with E-state index in [2.05, 4.69) is 63.2 Å². The molecule has 0 aliphatic carbocycles. The number of benzene rings is 2. The van der Waals surface area contributed by atoms with Gasteiger partial charge in [-0.3, -0.25) is 9.88 Å². The van der Waals surface area contributed by atoms with Crippen LogP contribution in [0.3, 0.4) is 0 Å².